The first-order valence-corrected chi connectivity index (χ1v) is 12.7. The summed E-state index contributed by atoms with van der Waals surface area (Å²) in [6, 6.07) is 0. The van der Waals surface area contributed by atoms with Crippen LogP contribution in [-0.4, -0.2) is 42.8 Å². The second-order valence-electron chi connectivity index (χ2n) is 11.4. The van der Waals surface area contributed by atoms with E-state index in [1.807, 2.05) is 0 Å². The van der Waals surface area contributed by atoms with Gasteiger partial charge in [-0.1, -0.05) is 48.5 Å². The highest BCUT2D eigenvalue weighted by atomic mass is 16.8. The number of ether oxygens (including phenoxy) is 5. The zero-order valence-electron chi connectivity index (χ0n) is 21.8. The summed E-state index contributed by atoms with van der Waals surface area (Å²) in [5, 5.41) is 0. The van der Waals surface area contributed by atoms with Crippen LogP contribution in [0.2, 0.25) is 0 Å². The Labute approximate surface area is 190 Å². The van der Waals surface area contributed by atoms with E-state index in [0.29, 0.717) is 29.6 Å². The van der Waals surface area contributed by atoms with Gasteiger partial charge >= 0.3 is 0 Å². The molecule has 3 aliphatic heterocycles. The molecule has 0 bridgehead atoms. The molecule has 14 unspecified atom stereocenters. The van der Waals surface area contributed by atoms with Crippen LogP contribution < -0.4 is 0 Å². The topological polar surface area (TPSA) is 46.2 Å². The van der Waals surface area contributed by atoms with Crippen LogP contribution in [-0.2, 0) is 23.7 Å². The normalized spacial score (nSPS) is 56.4. The van der Waals surface area contributed by atoms with Crippen LogP contribution in [0, 0.1) is 41.4 Å². The molecule has 3 fully saturated rings. The summed E-state index contributed by atoms with van der Waals surface area (Å²) in [6.45, 7) is 24.3. The molecule has 0 aromatic heterocycles. The average Bonchev–Trinajstić information content (AvgIpc) is 2.69. The van der Waals surface area contributed by atoms with Crippen LogP contribution in [0.25, 0.3) is 0 Å². The Morgan fingerprint density at radius 2 is 1.19 bits per heavy atom. The molecule has 3 aliphatic rings. The van der Waals surface area contributed by atoms with Crippen LogP contribution in [0.5, 0.6) is 0 Å². The summed E-state index contributed by atoms with van der Waals surface area (Å²) in [5.41, 5.74) is 0. The second kappa shape index (κ2) is 9.58. The lowest BCUT2D eigenvalue weighted by molar-refractivity contribution is -0.381. The highest BCUT2D eigenvalue weighted by Gasteiger charge is 2.48. The molecule has 182 valence electrons. The van der Waals surface area contributed by atoms with Gasteiger partial charge in [-0.25, -0.2) is 0 Å². The maximum absolute atomic E-state index is 6.61. The quantitative estimate of drug-likeness (QED) is 0.548. The van der Waals surface area contributed by atoms with Crippen molar-refractivity contribution in [2.24, 2.45) is 41.4 Å². The monoisotopic (exact) mass is 440 g/mol. The van der Waals surface area contributed by atoms with E-state index in [1.54, 1.807) is 0 Å². The van der Waals surface area contributed by atoms with E-state index in [1.165, 1.54) is 0 Å². The summed E-state index contributed by atoms with van der Waals surface area (Å²) >= 11 is 0. The lowest BCUT2D eigenvalue weighted by atomic mass is 9.79. The number of hydrogen-bond acceptors (Lipinski definition) is 5. The predicted octanol–water partition coefficient (Wildman–Crippen LogP) is 5.86. The molecule has 0 saturated carbocycles. The van der Waals surface area contributed by atoms with E-state index in [-0.39, 0.29) is 48.8 Å². The average molecular weight is 441 g/mol. The van der Waals surface area contributed by atoms with Crippen LogP contribution in [0.4, 0.5) is 0 Å². The molecule has 31 heavy (non-hydrogen) atoms. The van der Waals surface area contributed by atoms with E-state index in [2.05, 4.69) is 76.2 Å². The summed E-state index contributed by atoms with van der Waals surface area (Å²) < 4.78 is 32.2. The van der Waals surface area contributed by atoms with Gasteiger partial charge in [-0.05, 0) is 57.3 Å². The summed E-state index contributed by atoms with van der Waals surface area (Å²) in [5.74, 6) is 2.40. The Hall–Kier alpha value is -0.200. The van der Waals surface area contributed by atoms with Crippen molar-refractivity contribution in [1.82, 2.24) is 0 Å². The van der Waals surface area contributed by atoms with Crippen LogP contribution in [0.3, 0.4) is 0 Å². The number of rotatable bonds is 4. The Balaban J connectivity index is 1.65. The van der Waals surface area contributed by atoms with Crippen molar-refractivity contribution >= 4 is 0 Å². The Morgan fingerprint density at radius 1 is 0.613 bits per heavy atom. The molecule has 0 aromatic rings. The zero-order valence-corrected chi connectivity index (χ0v) is 21.8. The van der Waals surface area contributed by atoms with Gasteiger partial charge < -0.3 is 23.7 Å². The standard InChI is InChI=1S/C26H48O5/c1-13-12-26(11,30-21(9)14(13)2)31-25-19(7)17(5)23(22(10)28-25)29-24-18(6)15(3)16(4)20(8)27-24/h13-25H,12H2,1-11H3. The third kappa shape index (κ3) is 5.16. The lowest BCUT2D eigenvalue weighted by Crippen LogP contribution is -2.56. The smallest absolute Gasteiger partial charge is 0.169 e. The molecule has 5 nitrogen and oxygen atoms in total. The fraction of sp³-hybridized carbons (Fsp3) is 1.00. The van der Waals surface area contributed by atoms with E-state index in [4.69, 9.17) is 23.7 Å². The maximum Gasteiger partial charge on any atom is 0.169 e. The van der Waals surface area contributed by atoms with Gasteiger partial charge in [-0.2, -0.15) is 0 Å². The highest BCUT2D eigenvalue weighted by Crippen LogP contribution is 2.43. The Bertz CT molecular complexity index is 584. The van der Waals surface area contributed by atoms with Crippen LogP contribution in [0.15, 0.2) is 0 Å². The molecule has 0 aromatic carbocycles. The van der Waals surface area contributed by atoms with Gasteiger partial charge in [0.05, 0.1) is 24.4 Å². The second-order valence-corrected chi connectivity index (χ2v) is 11.4. The molecule has 14 atom stereocenters. The number of hydrogen-bond donors (Lipinski definition) is 0. The van der Waals surface area contributed by atoms with Crippen molar-refractivity contribution in [3.05, 3.63) is 0 Å². The molecule has 0 radical (unpaired) electrons. The van der Waals surface area contributed by atoms with Crippen molar-refractivity contribution < 1.29 is 23.7 Å². The molecule has 3 heterocycles. The molecule has 0 N–H and O–H groups in total. The molecule has 5 heteroatoms. The minimum absolute atomic E-state index is 0.0203. The first kappa shape index (κ1) is 25.4. The third-order valence-electron chi connectivity index (χ3n) is 9.19. The van der Waals surface area contributed by atoms with E-state index in [9.17, 15) is 0 Å². The third-order valence-corrected chi connectivity index (χ3v) is 9.19. The van der Waals surface area contributed by atoms with Gasteiger partial charge in [0.2, 0.25) is 0 Å². The van der Waals surface area contributed by atoms with Crippen molar-refractivity contribution in [3.8, 4) is 0 Å². The van der Waals surface area contributed by atoms with Gasteiger partial charge in [0.15, 0.2) is 18.4 Å². The molecule has 0 amide bonds. The van der Waals surface area contributed by atoms with Gasteiger partial charge in [0.25, 0.3) is 0 Å². The molecule has 3 saturated heterocycles. The first-order chi connectivity index (χ1) is 14.3. The molecule has 3 rings (SSSR count). The van der Waals surface area contributed by atoms with Crippen molar-refractivity contribution in [1.29, 1.82) is 0 Å². The first-order valence-electron chi connectivity index (χ1n) is 12.7. The molecular weight excluding hydrogens is 392 g/mol. The predicted molar refractivity (Wildman–Crippen MR) is 122 cm³/mol. The van der Waals surface area contributed by atoms with Crippen LogP contribution in [0.1, 0.15) is 82.6 Å². The fourth-order valence-electron chi connectivity index (χ4n) is 5.79. The van der Waals surface area contributed by atoms with E-state index >= 15 is 0 Å². The van der Waals surface area contributed by atoms with Gasteiger partial charge in [-0.3, -0.25) is 0 Å². The molecule has 0 spiro atoms. The lowest BCUT2D eigenvalue weighted by Gasteiger charge is -2.50. The minimum atomic E-state index is -0.612. The van der Waals surface area contributed by atoms with Crippen molar-refractivity contribution in [3.63, 3.8) is 0 Å². The summed E-state index contributed by atoms with van der Waals surface area (Å²) in [7, 11) is 0. The van der Waals surface area contributed by atoms with Crippen molar-refractivity contribution in [2.75, 3.05) is 0 Å². The SMILES string of the molecule is CC1CC(C)(OC2OC(C)C(OC3OC(C)C(C)C(C)C3C)C(C)C2C)OC(C)C1C. The molecule has 0 aliphatic carbocycles. The zero-order chi connectivity index (χ0) is 23.2. The highest BCUT2D eigenvalue weighted by molar-refractivity contribution is 4.89. The largest absolute Gasteiger partial charge is 0.349 e. The summed E-state index contributed by atoms with van der Waals surface area (Å²) in [6.07, 6.45) is 0.683. The Kier molecular flexibility index (Phi) is 7.86. The van der Waals surface area contributed by atoms with Gasteiger partial charge in [0.1, 0.15) is 0 Å². The van der Waals surface area contributed by atoms with Gasteiger partial charge in [-0.15, -0.1) is 0 Å². The van der Waals surface area contributed by atoms with Gasteiger partial charge in [0, 0.05) is 18.3 Å². The Morgan fingerprint density at radius 3 is 1.81 bits per heavy atom. The summed E-state index contributed by atoms with van der Waals surface area (Å²) in [4.78, 5) is 0. The fourth-order valence-corrected chi connectivity index (χ4v) is 5.79. The van der Waals surface area contributed by atoms with E-state index in [0.717, 1.165) is 6.42 Å². The molecular formula is C26H48O5. The van der Waals surface area contributed by atoms with Crippen LogP contribution >= 0.6 is 0 Å². The maximum atomic E-state index is 6.61. The van der Waals surface area contributed by atoms with Crippen molar-refractivity contribution in [2.45, 2.75) is 125 Å². The minimum Gasteiger partial charge on any atom is -0.349 e. The van der Waals surface area contributed by atoms with E-state index < -0.39 is 5.79 Å².